The van der Waals surface area contributed by atoms with Crippen molar-refractivity contribution in [1.29, 1.82) is 0 Å². The van der Waals surface area contributed by atoms with Crippen LogP contribution in [-0.2, 0) is 0 Å². The summed E-state index contributed by atoms with van der Waals surface area (Å²) in [6, 6.07) is 13.2. The van der Waals surface area contributed by atoms with Gasteiger partial charge in [0.25, 0.3) is 0 Å². The van der Waals surface area contributed by atoms with Crippen LogP contribution in [0.4, 0.5) is 14.6 Å². The van der Waals surface area contributed by atoms with Crippen molar-refractivity contribution in [2.24, 2.45) is 0 Å². The standard InChI is InChI=1S/C21H16F2N4/c1-2-25-21-16-11-13(15-6-3-7-17(22)19(15)23)8-9-18(16)26-20(27-21)14-5-4-10-24-12-14/h3-12H,2H2,1H3,(H,25,26,27). The van der Waals surface area contributed by atoms with Crippen LogP contribution in [0.3, 0.4) is 0 Å². The highest BCUT2D eigenvalue weighted by molar-refractivity contribution is 5.94. The van der Waals surface area contributed by atoms with Crippen LogP contribution in [0.2, 0.25) is 0 Å². The Labute approximate surface area is 154 Å². The number of anilines is 1. The van der Waals surface area contributed by atoms with Gasteiger partial charge < -0.3 is 5.32 Å². The van der Waals surface area contributed by atoms with E-state index in [4.69, 9.17) is 0 Å². The number of hydrogen-bond acceptors (Lipinski definition) is 4. The first-order valence-electron chi connectivity index (χ1n) is 8.58. The molecule has 6 heteroatoms. The van der Waals surface area contributed by atoms with Gasteiger partial charge >= 0.3 is 0 Å². The molecule has 0 aliphatic carbocycles. The minimum absolute atomic E-state index is 0.204. The number of rotatable bonds is 4. The van der Waals surface area contributed by atoms with E-state index in [1.807, 2.05) is 19.1 Å². The smallest absolute Gasteiger partial charge is 0.166 e. The molecule has 4 nitrogen and oxygen atoms in total. The van der Waals surface area contributed by atoms with Gasteiger partial charge in [-0.3, -0.25) is 4.98 Å². The fraction of sp³-hybridized carbons (Fsp3) is 0.0952. The summed E-state index contributed by atoms with van der Waals surface area (Å²) in [5, 5.41) is 3.97. The van der Waals surface area contributed by atoms with E-state index in [9.17, 15) is 8.78 Å². The Balaban J connectivity index is 1.90. The second kappa shape index (κ2) is 7.07. The highest BCUT2D eigenvalue weighted by Crippen LogP contribution is 2.31. The van der Waals surface area contributed by atoms with Gasteiger partial charge in [0.1, 0.15) is 5.82 Å². The number of aromatic nitrogens is 3. The zero-order valence-electron chi connectivity index (χ0n) is 14.6. The number of nitrogens with one attached hydrogen (secondary N) is 1. The molecule has 0 unspecified atom stereocenters. The third-order valence-electron chi connectivity index (χ3n) is 4.22. The van der Waals surface area contributed by atoms with Gasteiger partial charge in [-0.25, -0.2) is 18.7 Å². The lowest BCUT2D eigenvalue weighted by molar-refractivity contribution is 0.511. The van der Waals surface area contributed by atoms with Gasteiger partial charge in [0.2, 0.25) is 0 Å². The predicted molar refractivity (Wildman–Crippen MR) is 102 cm³/mol. The molecule has 0 atom stereocenters. The Morgan fingerprint density at radius 2 is 1.85 bits per heavy atom. The van der Waals surface area contributed by atoms with E-state index in [1.165, 1.54) is 6.07 Å². The quantitative estimate of drug-likeness (QED) is 0.551. The first kappa shape index (κ1) is 17.0. The van der Waals surface area contributed by atoms with Gasteiger partial charge in [0, 0.05) is 35.5 Å². The fourth-order valence-corrected chi connectivity index (χ4v) is 2.95. The highest BCUT2D eigenvalue weighted by Gasteiger charge is 2.14. The molecule has 0 fully saturated rings. The number of pyridine rings is 1. The van der Waals surface area contributed by atoms with Crippen molar-refractivity contribution in [3.8, 4) is 22.5 Å². The average molecular weight is 362 g/mol. The van der Waals surface area contributed by atoms with Crippen molar-refractivity contribution in [3.63, 3.8) is 0 Å². The van der Waals surface area contributed by atoms with E-state index in [0.717, 1.165) is 17.0 Å². The summed E-state index contributed by atoms with van der Waals surface area (Å²) < 4.78 is 27.8. The van der Waals surface area contributed by atoms with Gasteiger partial charge in [0.15, 0.2) is 17.5 Å². The molecule has 0 saturated carbocycles. The summed E-state index contributed by atoms with van der Waals surface area (Å²) >= 11 is 0. The van der Waals surface area contributed by atoms with E-state index in [2.05, 4.69) is 20.3 Å². The van der Waals surface area contributed by atoms with E-state index in [1.54, 1.807) is 36.7 Å². The van der Waals surface area contributed by atoms with Crippen molar-refractivity contribution in [3.05, 3.63) is 72.6 Å². The molecule has 1 N–H and O–H groups in total. The maximum atomic E-state index is 14.2. The number of hydrogen-bond donors (Lipinski definition) is 1. The largest absolute Gasteiger partial charge is 0.370 e. The maximum absolute atomic E-state index is 14.2. The molecule has 0 radical (unpaired) electrons. The van der Waals surface area contributed by atoms with Gasteiger partial charge in [-0.2, -0.15) is 0 Å². The summed E-state index contributed by atoms with van der Waals surface area (Å²) in [5.41, 5.74) is 2.28. The molecular weight excluding hydrogens is 346 g/mol. The molecule has 134 valence electrons. The van der Waals surface area contributed by atoms with Crippen LogP contribution in [-0.4, -0.2) is 21.5 Å². The molecule has 0 amide bonds. The number of benzene rings is 2. The van der Waals surface area contributed by atoms with E-state index < -0.39 is 11.6 Å². The van der Waals surface area contributed by atoms with Crippen molar-refractivity contribution in [2.45, 2.75) is 6.92 Å². The second-order valence-corrected chi connectivity index (χ2v) is 6.00. The van der Waals surface area contributed by atoms with Gasteiger partial charge in [-0.1, -0.05) is 18.2 Å². The van der Waals surface area contributed by atoms with Crippen LogP contribution in [0.25, 0.3) is 33.4 Å². The Morgan fingerprint density at radius 1 is 0.963 bits per heavy atom. The third-order valence-corrected chi connectivity index (χ3v) is 4.22. The Kier molecular flexibility index (Phi) is 4.46. The van der Waals surface area contributed by atoms with Crippen LogP contribution in [0.5, 0.6) is 0 Å². The van der Waals surface area contributed by atoms with Crippen LogP contribution >= 0.6 is 0 Å². The topological polar surface area (TPSA) is 50.7 Å². The van der Waals surface area contributed by atoms with Crippen LogP contribution in [0.1, 0.15) is 6.92 Å². The van der Waals surface area contributed by atoms with Crippen LogP contribution in [0, 0.1) is 11.6 Å². The lowest BCUT2D eigenvalue weighted by Crippen LogP contribution is -2.03. The summed E-state index contributed by atoms with van der Waals surface area (Å²) in [7, 11) is 0. The zero-order chi connectivity index (χ0) is 18.8. The molecule has 2 heterocycles. The fourth-order valence-electron chi connectivity index (χ4n) is 2.95. The van der Waals surface area contributed by atoms with Crippen molar-refractivity contribution >= 4 is 16.7 Å². The summed E-state index contributed by atoms with van der Waals surface area (Å²) in [5.74, 6) is -0.548. The number of nitrogens with zero attached hydrogens (tertiary/aromatic N) is 3. The molecule has 0 bridgehead atoms. The zero-order valence-corrected chi connectivity index (χ0v) is 14.6. The lowest BCUT2D eigenvalue weighted by atomic mass is 10.0. The Bertz CT molecular complexity index is 1110. The summed E-state index contributed by atoms with van der Waals surface area (Å²) in [6.07, 6.45) is 3.39. The molecular formula is C21H16F2N4. The molecule has 4 aromatic rings. The number of halogens is 2. The molecule has 27 heavy (non-hydrogen) atoms. The second-order valence-electron chi connectivity index (χ2n) is 6.00. The first-order valence-corrected chi connectivity index (χ1v) is 8.58. The maximum Gasteiger partial charge on any atom is 0.166 e. The lowest BCUT2D eigenvalue weighted by Gasteiger charge is -2.11. The summed E-state index contributed by atoms with van der Waals surface area (Å²) in [6.45, 7) is 2.63. The Hall–Kier alpha value is -3.41. The van der Waals surface area contributed by atoms with Gasteiger partial charge in [-0.05, 0) is 42.8 Å². The molecule has 2 aromatic carbocycles. The normalized spacial score (nSPS) is 10.9. The first-order chi connectivity index (χ1) is 13.2. The van der Waals surface area contributed by atoms with Crippen molar-refractivity contribution < 1.29 is 8.78 Å². The predicted octanol–water partition coefficient (Wildman–Crippen LogP) is 5.07. The van der Waals surface area contributed by atoms with Crippen molar-refractivity contribution in [2.75, 3.05) is 11.9 Å². The number of fused-ring (bicyclic) bond motifs is 1. The molecule has 2 aromatic heterocycles. The summed E-state index contributed by atoms with van der Waals surface area (Å²) in [4.78, 5) is 13.3. The van der Waals surface area contributed by atoms with Crippen molar-refractivity contribution in [1.82, 2.24) is 15.0 Å². The molecule has 0 spiro atoms. The van der Waals surface area contributed by atoms with E-state index >= 15 is 0 Å². The van der Waals surface area contributed by atoms with E-state index in [0.29, 0.717) is 29.3 Å². The Morgan fingerprint density at radius 3 is 2.63 bits per heavy atom. The molecule has 0 aliphatic rings. The molecule has 4 rings (SSSR count). The third kappa shape index (κ3) is 3.21. The minimum Gasteiger partial charge on any atom is -0.370 e. The minimum atomic E-state index is -0.873. The molecule has 0 saturated heterocycles. The van der Waals surface area contributed by atoms with Crippen LogP contribution < -0.4 is 5.32 Å². The van der Waals surface area contributed by atoms with Gasteiger partial charge in [0.05, 0.1) is 5.52 Å². The van der Waals surface area contributed by atoms with E-state index in [-0.39, 0.29) is 5.56 Å². The van der Waals surface area contributed by atoms with Crippen LogP contribution in [0.15, 0.2) is 60.9 Å². The average Bonchev–Trinajstić information content (AvgIpc) is 2.70. The highest BCUT2D eigenvalue weighted by atomic mass is 19.2. The SMILES string of the molecule is CCNc1nc(-c2cccnc2)nc2ccc(-c3cccc(F)c3F)cc12. The monoisotopic (exact) mass is 362 g/mol. The van der Waals surface area contributed by atoms with Gasteiger partial charge in [-0.15, -0.1) is 0 Å². The molecule has 0 aliphatic heterocycles.